The second-order valence-corrected chi connectivity index (χ2v) is 6.88. The molecule has 3 nitrogen and oxygen atoms in total. The number of hydrogen-bond acceptors (Lipinski definition) is 3. The second kappa shape index (κ2) is 6.58. The van der Waals surface area contributed by atoms with Gasteiger partial charge in [0.1, 0.15) is 5.82 Å². The average molecular weight is 340 g/mol. The van der Waals surface area contributed by atoms with Crippen molar-refractivity contribution in [2.45, 2.75) is 19.8 Å². The minimum absolute atomic E-state index is 0.766. The molecule has 0 spiro atoms. The highest BCUT2D eigenvalue weighted by molar-refractivity contribution is 6.31. The van der Waals surface area contributed by atoms with E-state index >= 15 is 0 Å². The summed E-state index contributed by atoms with van der Waals surface area (Å²) < 4.78 is 0. The Hall–Kier alpha value is -1.84. The zero-order valence-corrected chi connectivity index (χ0v) is 14.7. The van der Waals surface area contributed by atoms with Crippen molar-refractivity contribution in [3.63, 3.8) is 0 Å². The Balaban J connectivity index is 1.94. The van der Waals surface area contributed by atoms with Gasteiger partial charge in [0.25, 0.3) is 0 Å². The summed E-state index contributed by atoms with van der Waals surface area (Å²) >= 11 is 6.26. The normalized spacial score (nSPS) is 17.6. The molecule has 1 N–H and O–H groups in total. The van der Waals surface area contributed by atoms with E-state index in [0.717, 1.165) is 60.8 Å². The van der Waals surface area contributed by atoms with Crippen molar-refractivity contribution < 1.29 is 0 Å². The molecule has 2 aliphatic rings. The Bertz CT molecular complexity index is 832. The smallest absolute Gasteiger partial charge is 0.133 e. The first kappa shape index (κ1) is 15.7. The number of hydrogen-bond donors (Lipinski definition) is 1. The lowest BCUT2D eigenvalue weighted by molar-refractivity contribution is 0.584. The molecule has 24 heavy (non-hydrogen) atoms. The lowest BCUT2D eigenvalue weighted by Gasteiger charge is -2.31. The number of allylic oxidation sites excluding steroid dienone is 3. The van der Waals surface area contributed by atoms with E-state index in [1.165, 1.54) is 16.7 Å². The fourth-order valence-corrected chi connectivity index (χ4v) is 3.77. The third-order valence-corrected chi connectivity index (χ3v) is 5.17. The number of rotatable bonds is 2. The highest BCUT2D eigenvalue weighted by Gasteiger charge is 2.21. The third-order valence-electron chi connectivity index (χ3n) is 4.94. The Morgan fingerprint density at radius 1 is 1.25 bits per heavy atom. The summed E-state index contributed by atoms with van der Waals surface area (Å²) in [5.74, 6) is 1.15. The van der Waals surface area contributed by atoms with Crippen LogP contribution < -0.4 is 10.2 Å². The maximum absolute atomic E-state index is 6.26. The van der Waals surface area contributed by atoms with Crippen LogP contribution in [0.2, 0.25) is 5.02 Å². The van der Waals surface area contributed by atoms with E-state index < -0.39 is 0 Å². The molecule has 4 rings (SSSR count). The summed E-state index contributed by atoms with van der Waals surface area (Å²) in [4.78, 5) is 7.47. The number of nitrogens with zero attached hydrogens (tertiary/aromatic N) is 2. The van der Waals surface area contributed by atoms with Crippen LogP contribution in [0.25, 0.3) is 17.0 Å². The number of fused-ring (bicyclic) bond motifs is 3. The molecule has 1 aliphatic carbocycles. The van der Waals surface area contributed by atoms with Crippen LogP contribution in [0.1, 0.15) is 24.5 Å². The van der Waals surface area contributed by atoms with Crippen molar-refractivity contribution >= 4 is 34.4 Å². The first-order chi connectivity index (χ1) is 11.8. The quantitative estimate of drug-likeness (QED) is 0.888. The molecule has 0 bridgehead atoms. The highest BCUT2D eigenvalue weighted by Crippen LogP contribution is 2.35. The fraction of sp³-hybridized carbons (Fsp3) is 0.350. The number of aromatic nitrogens is 1. The minimum atomic E-state index is 0.766. The minimum Gasteiger partial charge on any atom is -0.354 e. The molecule has 2 aromatic rings. The molecule has 0 saturated carbocycles. The van der Waals surface area contributed by atoms with Gasteiger partial charge in [-0.25, -0.2) is 4.98 Å². The summed E-state index contributed by atoms with van der Waals surface area (Å²) in [6, 6.07) is 6.02. The van der Waals surface area contributed by atoms with E-state index in [1.807, 2.05) is 18.2 Å². The summed E-state index contributed by atoms with van der Waals surface area (Å²) in [5, 5.41) is 5.35. The van der Waals surface area contributed by atoms with E-state index in [2.05, 4.69) is 35.4 Å². The van der Waals surface area contributed by atoms with Crippen LogP contribution in [-0.4, -0.2) is 31.2 Å². The van der Waals surface area contributed by atoms with Gasteiger partial charge < -0.3 is 10.2 Å². The number of nitrogens with one attached hydrogen (secondary N) is 1. The van der Waals surface area contributed by atoms with Gasteiger partial charge in [-0.3, -0.25) is 0 Å². The van der Waals surface area contributed by atoms with Gasteiger partial charge in [-0.15, -0.1) is 0 Å². The van der Waals surface area contributed by atoms with Gasteiger partial charge in [0, 0.05) is 42.2 Å². The molecule has 1 aromatic carbocycles. The summed E-state index contributed by atoms with van der Waals surface area (Å²) in [5.41, 5.74) is 5.09. The third kappa shape index (κ3) is 2.83. The Kier molecular flexibility index (Phi) is 4.30. The van der Waals surface area contributed by atoms with Gasteiger partial charge in [-0.1, -0.05) is 42.3 Å². The predicted molar refractivity (Wildman–Crippen MR) is 103 cm³/mol. The van der Waals surface area contributed by atoms with Crippen molar-refractivity contribution in [2.75, 3.05) is 31.1 Å². The number of piperazine rings is 1. The van der Waals surface area contributed by atoms with Crippen LogP contribution >= 0.6 is 11.6 Å². The standard InChI is InChI=1S/C20H22ClN3/c1-2-14-4-3-5-16-17-13-15(21)6-7-19(17)23-20(18(16)12-14)24-10-8-22-9-11-24/h3-7,13,22H,2,8-12H2,1H3. The maximum atomic E-state index is 6.26. The first-order valence-electron chi connectivity index (χ1n) is 8.70. The largest absolute Gasteiger partial charge is 0.354 e. The molecule has 1 saturated heterocycles. The number of pyridine rings is 1. The van der Waals surface area contributed by atoms with Crippen molar-refractivity contribution in [2.24, 2.45) is 0 Å². The van der Waals surface area contributed by atoms with E-state index in [-0.39, 0.29) is 0 Å². The summed E-state index contributed by atoms with van der Waals surface area (Å²) in [7, 11) is 0. The van der Waals surface area contributed by atoms with E-state index in [9.17, 15) is 0 Å². The molecule has 1 fully saturated rings. The molecule has 2 heterocycles. The van der Waals surface area contributed by atoms with E-state index in [4.69, 9.17) is 16.6 Å². The van der Waals surface area contributed by atoms with Gasteiger partial charge >= 0.3 is 0 Å². The fourth-order valence-electron chi connectivity index (χ4n) is 3.60. The summed E-state index contributed by atoms with van der Waals surface area (Å²) in [6.45, 7) is 6.27. The van der Waals surface area contributed by atoms with Crippen LogP contribution in [0.15, 0.2) is 35.9 Å². The number of halogens is 1. The number of benzene rings is 1. The second-order valence-electron chi connectivity index (χ2n) is 6.44. The molecular weight excluding hydrogens is 318 g/mol. The van der Waals surface area contributed by atoms with E-state index in [0.29, 0.717) is 0 Å². The van der Waals surface area contributed by atoms with Gasteiger partial charge in [-0.05, 0) is 36.6 Å². The first-order valence-corrected chi connectivity index (χ1v) is 9.08. The van der Waals surface area contributed by atoms with Crippen LogP contribution in [0, 0.1) is 0 Å². The Morgan fingerprint density at radius 2 is 2.08 bits per heavy atom. The summed E-state index contributed by atoms with van der Waals surface area (Å²) in [6.07, 6.45) is 8.68. The molecule has 0 unspecified atom stereocenters. The van der Waals surface area contributed by atoms with Crippen LogP contribution in [0.5, 0.6) is 0 Å². The Morgan fingerprint density at radius 3 is 2.88 bits per heavy atom. The molecule has 0 radical (unpaired) electrons. The molecule has 124 valence electrons. The van der Waals surface area contributed by atoms with Crippen molar-refractivity contribution in [3.8, 4) is 0 Å². The van der Waals surface area contributed by atoms with Gasteiger partial charge in [0.2, 0.25) is 0 Å². The lowest BCUT2D eigenvalue weighted by Crippen LogP contribution is -2.44. The zero-order chi connectivity index (χ0) is 16.5. The molecule has 1 aromatic heterocycles. The van der Waals surface area contributed by atoms with E-state index in [1.54, 1.807) is 0 Å². The van der Waals surface area contributed by atoms with Crippen molar-refractivity contribution in [1.29, 1.82) is 0 Å². The van der Waals surface area contributed by atoms with Crippen molar-refractivity contribution in [1.82, 2.24) is 10.3 Å². The SMILES string of the molecule is CCC1=CC=Cc2c(c(N3CCNCC3)nc3ccc(Cl)cc23)C1. The predicted octanol–water partition coefficient (Wildman–Crippen LogP) is 4.20. The average Bonchev–Trinajstić information content (AvgIpc) is 2.84. The van der Waals surface area contributed by atoms with Crippen molar-refractivity contribution in [3.05, 3.63) is 52.1 Å². The molecule has 0 atom stereocenters. The zero-order valence-electron chi connectivity index (χ0n) is 14.0. The van der Waals surface area contributed by atoms with Gasteiger partial charge in [0.15, 0.2) is 0 Å². The van der Waals surface area contributed by atoms with Gasteiger partial charge in [0.05, 0.1) is 5.52 Å². The number of anilines is 1. The van der Waals surface area contributed by atoms with Crippen LogP contribution in [0.4, 0.5) is 5.82 Å². The maximum Gasteiger partial charge on any atom is 0.133 e. The van der Waals surface area contributed by atoms with Crippen LogP contribution in [-0.2, 0) is 6.42 Å². The molecular formula is C20H22ClN3. The Labute approximate surface area is 148 Å². The topological polar surface area (TPSA) is 28.2 Å². The molecule has 1 aliphatic heterocycles. The monoisotopic (exact) mass is 339 g/mol. The highest BCUT2D eigenvalue weighted by atomic mass is 35.5. The van der Waals surface area contributed by atoms with Crippen LogP contribution in [0.3, 0.4) is 0 Å². The lowest BCUT2D eigenvalue weighted by atomic mass is 9.96. The van der Waals surface area contributed by atoms with Gasteiger partial charge in [-0.2, -0.15) is 0 Å². The molecule has 4 heteroatoms. The molecule has 0 amide bonds.